The molecule has 0 aliphatic heterocycles. The Hall–Kier alpha value is -6.62. The number of anilines is 3. The molecule has 52 heavy (non-hydrogen) atoms. The van der Waals surface area contributed by atoms with Crippen LogP contribution in [0.25, 0.3) is 86.3 Å². The minimum absolute atomic E-state index is 0.855. The lowest BCUT2D eigenvalue weighted by Crippen LogP contribution is -2.10. The predicted octanol–water partition coefficient (Wildman–Crippen LogP) is 14.7. The number of rotatable bonds is 5. The van der Waals surface area contributed by atoms with Gasteiger partial charge in [-0.25, -0.2) is 0 Å². The van der Waals surface area contributed by atoms with Crippen LogP contribution in [0, 0.1) is 0 Å². The van der Waals surface area contributed by atoms with Gasteiger partial charge in [-0.1, -0.05) is 133 Å². The van der Waals surface area contributed by atoms with Crippen molar-refractivity contribution in [1.82, 2.24) is 0 Å². The smallest absolute Gasteiger partial charge is 0.159 e. The predicted molar refractivity (Wildman–Crippen MR) is 219 cm³/mol. The summed E-state index contributed by atoms with van der Waals surface area (Å²) < 4.78 is 15.9. The lowest BCUT2D eigenvalue weighted by molar-refractivity contribution is 0.670. The third kappa shape index (κ3) is 4.38. The molecule has 0 bridgehead atoms. The maximum Gasteiger partial charge on any atom is 0.159 e. The Morgan fingerprint density at radius 3 is 1.73 bits per heavy atom. The first kappa shape index (κ1) is 29.1. The molecule has 244 valence electrons. The van der Waals surface area contributed by atoms with Crippen LogP contribution >= 0.6 is 11.3 Å². The summed E-state index contributed by atoms with van der Waals surface area (Å²) >= 11 is 1.83. The summed E-state index contributed by atoms with van der Waals surface area (Å²) in [4.78, 5) is 2.37. The molecule has 0 saturated carbocycles. The Balaban J connectivity index is 1.15. The Kier molecular flexibility index (Phi) is 6.42. The monoisotopic (exact) mass is 683 g/mol. The molecule has 0 spiro atoms. The first-order valence-electron chi connectivity index (χ1n) is 17.5. The van der Waals surface area contributed by atoms with Crippen molar-refractivity contribution in [2.24, 2.45) is 0 Å². The van der Waals surface area contributed by atoms with Crippen molar-refractivity contribution in [2.75, 3.05) is 4.90 Å². The van der Waals surface area contributed by atoms with Gasteiger partial charge in [-0.3, -0.25) is 0 Å². The second-order valence-corrected chi connectivity index (χ2v) is 14.3. The number of hydrogen-bond donors (Lipinski definition) is 0. The third-order valence-electron chi connectivity index (χ3n) is 10.3. The van der Waals surface area contributed by atoms with Gasteiger partial charge in [0.05, 0.1) is 11.4 Å². The third-order valence-corrected chi connectivity index (χ3v) is 11.4. The van der Waals surface area contributed by atoms with Crippen molar-refractivity contribution in [1.29, 1.82) is 0 Å². The maximum atomic E-state index is 6.99. The van der Waals surface area contributed by atoms with E-state index in [1.165, 1.54) is 20.2 Å². The lowest BCUT2D eigenvalue weighted by atomic mass is 10.0. The largest absolute Gasteiger partial charge is 0.455 e. The fourth-order valence-corrected chi connectivity index (χ4v) is 9.07. The highest BCUT2D eigenvalue weighted by atomic mass is 32.1. The fourth-order valence-electron chi connectivity index (χ4n) is 7.94. The van der Waals surface area contributed by atoms with E-state index in [9.17, 15) is 0 Å². The van der Waals surface area contributed by atoms with Gasteiger partial charge in [0.15, 0.2) is 5.58 Å². The number of furan rings is 2. The summed E-state index contributed by atoms with van der Waals surface area (Å²) in [5.41, 5.74) is 11.1. The van der Waals surface area contributed by atoms with Crippen LogP contribution < -0.4 is 4.90 Å². The molecule has 8 aromatic carbocycles. The van der Waals surface area contributed by atoms with Gasteiger partial charge >= 0.3 is 0 Å². The Morgan fingerprint density at radius 2 is 0.923 bits per heavy atom. The van der Waals surface area contributed by atoms with Gasteiger partial charge in [-0.2, -0.15) is 0 Å². The zero-order chi connectivity index (χ0) is 34.2. The molecular weight excluding hydrogens is 655 g/mol. The molecule has 0 radical (unpaired) electrons. The number of para-hydroxylation sites is 4. The summed E-state index contributed by atoms with van der Waals surface area (Å²) in [6.07, 6.45) is 0. The SMILES string of the molecule is c1ccc(-c2cccc3c2oc2c(N(c4ccc(-c5cccc6c5oc5ccccc56)cc4)c4cccc5sc6ccccc6c45)cccc23)cc1. The van der Waals surface area contributed by atoms with Crippen LogP contribution in [0.5, 0.6) is 0 Å². The molecule has 0 N–H and O–H groups in total. The molecule has 4 heteroatoms. The summed E-state index contributed by atoms with van der Waals surface area (Å²) in [6, 6.07) is 62.3. The van der Waals surface area contributed by atoms with E-state index in [2.05, 4.69) is 169 Å². The van der Waals surface area contributed by atoms with Crippen molar-refractivity contribution in [3.63, 3.8) is 0 Å². The van der Waals surface area contributed by atoms with Gasteiger partial charge < -0.3 is 13.7 Å². The van der Waals surface area contributed by atoms with E-state index in [0.717, 1.165) is 83.2 Å². The molecule has 3 aromatic heterocycles. The van der Waals surface area contributed by atoms with E-state index in [1.807, 2.05) is 23.5 Å². The molecule has 11 aromatic rings. The average molecular weight is 684 g/mol. The topological polar surface area (TPSA) is 29.5 Å². The van der Waals surface area contributed by atoms with Crippen LogP contribution in [-0.2, 0) is 0 Å². The van der Waals surface area contributed by atoms with Crippen molar-refractivity contribution in [3.8, 4) is 22.3 Å². The van der Waals surface area contributed by atoms with Crippen LogP contribution in [0.1, 0.15) is 0 Å². The highest BCUT2D eigenvalue weighted by Gasteiger charge is 2.23. The second-order valence-electron chi connectivity index (χ2n) is 13.2. The van der Waals surface area contributed by atoms with Gasteiger partial charge in [-0.15, -0.1) is 11.3 Å². The molecule has 11 rings (SSSR count). The van der Waals surface area contributed by atoms with Crippen LogP contribution in [0.4, 0.5) is 17.1 Å². The number of hydrogen-bond acceptors (Lipinski definition) is 4. The molecule has 0 saturated heterocycles. The Bertz CT molecular complexity index is 3130. The summed E-state index contributed by atoms with van der Waals surface area (Å²) in [5.74, 6) is 0. The van der Waals surface area contributed by atoms with Crippen molar-refractivity contribution in [2.45, 2.75) is 0 Å². The van der Waals surface area contributed by atoms with E-state index in [0.29, 0.717) is 0 Å². The molecular formula is C48H29NO2S. The van der Waals surface area contributed by atoms with E-state index >= 15 is 0 Å². The zero-order valence-electron chi connectivity index (χ0n) is 27.9. The van der Waals surface area contributed by atoms with E-state index < -0.39 is 0 Å². The minimum atomic E-state index is 0.855. The van der Waals surface area contributed by atoms with Gasteiger partial charge in [0.25, 0.3) is 0 Å². The van der Waals surface area contributed by atoms with Crippen LogP contribution in [0.2, 0.25) is 0 Å². The number of nitrogens with zero attached hydrogens (tertiary/aromatic N) is 1. The first-order valence-corrected chi connectivity index (χ1v) is 18.3. The second kappa shape index (κ2) is 11.5. The lowest BCUT2D eigenvalue weighted by Gasteiger charge is -2.26. The first-order chi connectivity index (χ1) is 25.8. The van der Waals surface area contributed by atoms with Gasteiger partial charge in [0, 0.05) is 58.5 Å². The normalized spacial score (nSPS) is 11.8. The van der Waals surface area contributed by atoms with Crippen LogP contribution in [0.3, 0.4) is 0 Å². The Morgan fingerprint density at radius 1 is 0.365 bits per heavy atom. The molecule has 3 heterocycles. The highest BCUT2D eigenvalue weighted by molar-refractivity contribution is 7.26. The fraction of sp³-hybridized carbons (Fsp3) is 0. The molecule has 0 aliphatic rings. The summed E-state index contributed by atoms with van der Waals surface area (Å²) in [6.45, 7) is 0. The van der Waals surface area contributed by atoms with E-state index in [1.54, 1.807) is 0 Å². The standard InChI is InChI=1S/C48H29NO2S/c1-2-12-30(13-3-1)33-16-9-19-37-38-20-10-22-41(48(38)51-47(33)37)49(40-21-11-25-44-45(40)39-15-5-7-24-43(39)52-44)32-28-26-31(27-29-32)34-17-8-18-36-35-14-4-6-23-42(35)50-46(34)36/h1-29H. The summed E-state index contributed by atoms with van der Waals surface area (Å²) in [5, 5.41) is 6.93. The van der Waals surface area contributed by atoms with Crippen molar-refractivity contribution < 1.29 is 8.83 Å². The number of fused-ring (bicyclic) bond motifs is 9. The molecule has 0 fully saturated rings. The van der Waals surface area contributed by atoms with E-state index in [-0.39, 0.29) is 0 Å². The molecule has 0 unspecified atom stereocenters. The van der Waals surface area contributed by atoms with Gasteiger partial charge in [-0.05, 0) is 53.6 Å². The van der Waals surface area contributed by atoms with Gasteiger partial charge in [0.1, 0.15) is 16.7 Å². The Labute approximate surface area is 303 Å². The zero-order valence-corrected chi connectivity index (χ0v) is 28.7. The van der Waals surface area contributed by atoms with Crippen molar-refractivity contribution >= 4 is 92.4 Å². The van der Waals surface area contributed by atoms with Crippen LogP contribution in [0.15, 0.2) is 185 Å². The molecule has 0 aliphatic carbocycles. The van der Waals surface area contributed by atoms with Crippen LogP contribution in [-0.4, -0.2) is 0 Å². The molecule has 0 atom stereocenters. The maximum absolute atomic E-state index is 6.99. The molecule has 3 nitrogen and oxygen atoms in total. The van der Waals surface area contributed by atoms with E-state index in [4.69, 9.17) is 8.83 Å². The number of benzene rings is 8. The van der Waals surface area contributed by atoms with Gasteiger partial charge in [0.2, 0.25) is 0 Å². The quantitative estimate of drug-likeness (QED) is 0.181. The summed E-state index contributed by atoms with van der Waals surface area (Å²) in [7, 11) is 0. The minimum Gasteiger partial charge on any atom is -0.455 e. The number of thiophene rings is 1. The highest BCUT2D eigenvalue weighted by Crippen LogP contribution is 2.48. The average Bonchev–Trinajstić information content (AvgIpc) is 3.91. The van der Waals surface area contributed by atoms with Crippen molar-refractivity contribution in [3.05, 3.63) is 176 Å². The molecule has 0 amide bonds.